The molecule has 0 atom stereocenters. The topological polar surface area (TPSA) is 62.1 Å². The maximum atomic E-state index is 10.2. The van der Waals surface area contributed by atoms with Gasteiger partial charge in [-0.05, 0) is 13.0 Å². The first-order valence-electron chi connectivity index (χ1n) is 3.48. The van der Waals surface area contributed by atoms with Crippen LogP contribution in [0.15, 0.2) is 0 Å². The van der Waals surface area contributed by atoms with Gasteiger partial charge in [0.15, 0.2) is 0 Å². The summed E-state index contributed by atoms with van der Waals surface area (Å²) < 4.78 is 4.66. The van der Waals surface area contributed by atoms with E-state index < -0.39 is 0 Å². The maximum absolute atomic E-state index is 10.2. The van der Waals surface area contributed by atoms with Crippen molar-refractivity contribution in [3.63, 3.8) is 0 Å². The Morgan fingerprint density at radius 3 is 3.00 bits per heavy atom. The average Bonchev–Trinajstić information content (AvgIpc) is 1.96. The number of carbonyl (C=O) groups excluding carboxylic acids is 1. The van der Waals surface area contributed by atoms with Crippen molar-refractivity contribution in [2.45, 2.75) is 13.3 Å². The number of nitrogens with one attached hydrogen (secondary N) is 1. The second-order valence-electron chi connectivity index (χ2n) is 2.03. The molecule has 0 heterocycles. The van der Waals surface area contributed by atoms with Gasteiger partial charge < -0.3 is 10.1 Å². The molecule has 0 bridgehead atoms. The quantitative estimate of drug-likeness (QED) is 0.347. The summed E-state index contributed by atoms with van der Waals surface area (Å²) in [7, 11) is 0. The van der Waals surface area contributed by atoms with Gasteiger partial charge in [0.2, 0.25) is 0 Å². The van der Waals surface area contributed by atoms with Gasteiger partial charge in [-0.1, -0.05) is 0 Å². The number of hydrogen-bond donors (Lipinski definition) is 1. The zero-order valence-corrected chi connectivity index (χ0v) is 6.59. The zero-order valence-electron chi connectivity index (χ0n) is 6.59. The molecule has 0 fully saturated rings. The highest BCUT2D eigenvalue weighted by atomic mass is 16.5. The van der Waals surface area contributed by atoms with Crippen LogP contribution in [0.4, 0.5) is 0 Å². The molecule has 0 aliphatic carbocycles. The van der Waals surface area contributed by atoms with Crippen LogP contribution >= 0.6 is 0 Å². The summed E-state index contributed by atoms with van der Waals surface area (Å²) in [6.07, 6.45) is 0.751. The normalized spacial score (nSPS) is 8.73. The molecule has 0 rings (SSSR count). The number of esters is 1. The molecule has 4 nitrogen and oxygen atoms in total. The fourth-order valence-electron chi connectivity index (χ4n) is 0.557. The Bertz CT molecular complexity index is 151. The zero-order chi connectivity index (χ0) is 8.53. The highest BCUT2D eigenvalue weighted by Gasteiger charge is 1.91. The highest BCUT2D eigenvalue weighted by molar-refractivity contribution is 5.65. The van der Waals surface area contributed by atoms with Crippen LogP contribution in [0.3, 0.4) is 0 Å². The minimum absolute atomic E-state index is 0.259. The van der Waals surface area contributed by atoms with Crippen LogP contribution < -0.4 is 5.32 Å². The van der Waals surface area contributed by atoms with Crippen LogP contribution in [0.1, 0.15) is 13.3 Å². The Morgan fingerprint density at radius 2 is 2.45 bits per heavy atom. The maximum Gasteiger partial charge on any atom is 0.302 e. The lowest BCUT2D eigenvalue weighted by atomic mass is 10.4. The molecule has 0 aliphatic rings. The molecule has 0 aromatic carbocycles. The van der Waals surface area contributed by atoms with E-state index in [0.29, 0.717) is 19.7 Å². The Kier molecular flexibility index (Phi) is 6.34. The Morgan fingerprint density at radius 1 is 1.73 bits per heavy atom. The van der Waals surface area contributed by atoms with Gasteiger partial charge in [0.25, 0.3) is 0 Å². The fourth-order valence-corrected chi connectivity index (χ4v) is 0.557. The number of rotatable bonds is 5. The number of carbonyl (C=O) groups is 1. The monoisotopic (exact) mass is 156 g/mol. The van der Waals surface area contributed by atoms with Crippen molar-refractivity contribution in [1.82, 2.24) is 5.32 Å². The molecule has 0 aliphatic heterocycles. The van der Waals surface area contributed by atoms with Crippen molar-refractivity contribution in [3.05, 3.63) is 0 Å². The molecule has 0 unspecified atom stereocenters. The average molecular weight is 156 g/mol. The van der Waals surface area contributed by atoms with E-state index in [0.717, 1.165) is 6.42 Å². The molecule has 0 spiro atoms. The first-order valence-corrected chi connectivity index (χ1v) is 3.48. The van der Waals surface area contributed by atoms with E-state index >= 15 is 0 Å². The van der Waals surface area contributed by atoms with Crippen molar-refractivity contribution in [3.8, 4) is 6.07 Å². The van der Waals surface area contributed by atoms with E-state index in [9.17, 15) is 4.79 Å². The van der Waals surface area contributed by atoms with Crippen LogP contribution in [0, 0.1) is 11.3 Å². The third kappa shape index (κ3) is 8.92. The third-order valence-electron chi connectivity index (χ3n) is 1.01. The third-order valence-corrected chi connectivity index (χ3v) is 1.01. The van der Waals surface area contributed by atoms with Crippen molar-refractivity contribution in [2.75, 3.05) is 19.7 Å². The summed E-state index contributed by atoms with van der Waals surface area (Å²) in [5, 5.41) is 11.0. The summed E-state index contributed by atoms with van der Waals surface area (Å²) in [5.74, 6) is -0.259. The molecular formula is C7H12N2O2. The first-order chi connectivity index (χ1) is 5.27. The minimum atomic E-state index is -0.259. The standard InChI is InChI=1S/C7H12N2O2/c1-7(10)11-6-2-4-9-5-3-8/h9H,2,4-6H2,1H3. The van der Waals surface area contributed by atoms with Gasteiger partial charge in [-0.15, -0.1) is 0 Å². The van der Waals surface area contributed by atoms with Gasteiger partial charge in [0.05, 0.1) is 19.2 Å². The van der Waals surface area contributed by atoms with Crippen molar-refractivity contribution >= 4 is 5.97 Å². The van der Waals surface area contributed by atoms with Crippen LogP contribution in [0.2, 0.25) is 0 Å². The Labute approximate surface area is 66.1 Å². The largest absolute Gasteiger partial charge is 0.466 e. The van der Waals surface area contributed by atoms with E-state index in [-0.39, 0.29) is 5.97 Å². The molecule has 1 N–H and O–H groups in total. The van der Waals surface area contributed by atoms with E-state index in [1.807, 2.05) is 6.07 Å². The van der Waals surface area contributed by atoms with E-state index in [1.54, 1.807) is 0 Å². The molecule has 0 aromatic rings. The van der Waals surface area contributed by atoms with Crippen molar-refractivity contribution in [2.24, 2.45) is 0 Å². The number of nitriles is 1. The predicted octanol–water partition coefficient (Wildman–Crippen LogP) is 0.0528. The van der Waals surface area contributed by atoms with E-state index in [2.05, 4.69) is 10.1 Å². The van der Waals surface area contributed by atoms with Gasteiger partial charge in [-0.3, -0.25) is 4.79 Å². The molecule has 0 aromatic heterocycles. The lowest BCUT2D eigenvalue weighted by Crippen LogP contribution is -2.17. The summed E-state index contributed by atoms with van der Waals surface area (Å²) in [5.41, 5.74) is 0. The molecule has 11 heavy (non-hydrogen) atoms. The second kappa shape index (κ2) is 7.03. The van der Waals surface area contributed by atoms with Crippen molar-refractivity contribution in [1.29, 1.82) is 5.26 Å². The molecule has 0 saturated carbocycles. The highest BCUT2D eigenvalue weighted by Crippen LogP contribution is 1.80. The molecule has 0 saturated heterocycles. The van der Waals surface area contributed by atoms with Crippen molar-refractivity contribution < 1.29 is 9.53 Å². The first kappa shape index (κ1) is 9.92. The summed E-state index contributed by atoms with van der Waals surface area (Å²) in [4.78, 5) is 10.2. The smallest absolute Gasteiger partial charge is 0.302 e. The SMILES string of the molecule is CC(=O)OCCCNCC#N. The van der Waals surface area contributed by atoms with Crippen LogP contribution in [-0.4, -0.2) is 25.7 Å². The van der Waals surface area contributed by atoms with Crippen LogP contribution in [0.25, 0.3) is 0 Å². The van der Waals surface area contributed by atoms with E-state index in [1.165, 1.54) is 6.92 Å². The molecule has 4 heteroatoms. The predicted molar refractivity (Wildman–Crippen MR) is 39.7 cm³/mol. The summed E-state index contributed by atoms with van der Waals surface area (Å²) in [6, 6.07) is 1.95. The van der Waals surface area contributed by atoms with Gasteiger partial charge in [0.1, 0.15) is 0 Å². The lowest BCUT2D eigenvalue weighted by molar-refractivity contribution is -0.141. The molecule has 62 valence electrons. The lowest BCUT2D eigenvalue weighted by Gasteiger charge is -2.00. The van der Waals surface area contributed by atoms with Gasteiger partial charge in [0, 0.05) is 6.92 Å². The molecular weight excluding hydrogens is 144 g/mol. The molecule has 0 amide bonds. The van der Waals surface area contributed by atoms with Crippen LogP contribution in [0.5, 0.6) is 0 Å². The fraction of sp³-hybridized carbons (Fsp3) is 0.714. The number of hydrogen-bond acceptors (Lipinski definition) is 4. The van der Waals surface area contributed by atoms with Gasteiger partial charge >= 0.3 is 5.97 Å². The van der Waals surface area contributed by atoms with Gasteiger partial charge in [-0.25, -0.2) is 0 Å². The van der Waals surface area contributed by atoms with Gasteiger partial charge in [-0.2, -0.15) is 5.26 Å². The Balaban J connectivity index is 2.92. The minimum Gasteiger partial charge on any atom is -0.466 e. The van der Waals surface area contributed by atoms with E-state index in [4.69, 9.17) is 5.26 Å². The summed E-state index contributed by atoms with van der Waals surface area (Å²) >= 11 is 0. The number of ether oxygens (including phenoxy) is 1. The Hall–Kier alpha value is -1.08. The summed E-state index contributed by atoms with van der Waals surface area (Å²) in [6.45, 7) is 2.86. The van der Waals surface area contributed by atoms with Crippen LogP contribution in [-0.2, 0) is 9.53 Å². The number of nitrogens with zero attached hydrogens (tertiary/aromatic N) is 1. The second-order valence-corrected chi connectivity index (χ2v) is 2.03. The molecule has 0 radical (unpaired) electrons.